The van der Waals surface area contributed by atoms with Gasteiger partial charge in [0.15, 0.2) is 0 Å². The minimum absolute atomic E-state index is 0.300. The van der Waals surface area contributed by atoms with E-state index >= 15 is 0 Å². The van der Waals surface area contributed by atoms with Gasteiger partial charge < -0.3 is 10.7 Å². The minimum Gasteiger partial charge on any atom is -0.341 e. The Morgan fingerprint density at radius 2 is 2.22 bits per heavy atom. The van der Waals surface area contributed by atoms with Gasteiger partial charge >= 0.3 is 0 Å². The first kappa shape index (κ1) is 14.1. The highest BCUT2D eigenvalue weighted by Crippen LogP contribution is 2.06. The van der Waals surface area contributed by atoms with Crippen molar-refractivity contribution in [1.82, 2.24) is 10.6 Å². The predicted octanol–water partition coefficient (Wildman–Crippen LogP) is 0.284. The highest BCUT2D eigenvalue weighted by atomic mass is 16.2. The Bertz CT molecular complexity index is 401. The summed E-state index contributed by atoms with van der Waals surface area (Å²) >= 11 is 0. The smallest absolute Gasteiger partial charge is 0.249 e. The number of allylic oxidation sites excluding steroid dienone is 1. The molecule has 1 unspecified atom stereocenters. The summed E-state index contributed by atoms with van der Waals surface area (Å²) in [5.74, 6) is -1.20. The Morgan fingerprint density at radius 1 is 1.50 bits per heavy atom. The summed E-state index contributed by atoms with van der Waals surface area (Å²) in [7, 11) is 0. The molecule has 3 amide bonds. The zero-order valence-electron chi connectivity index (χ0n) is 10.3. The van der Waals surface area contributed by atoms with Crippen LogP contribution in [0.15, 0.2) is 12.2 Å². The zero-order chi connectivity index (χ0) is 13.5. The monoisotopic (exact) mass is 251 g/mol. The van der Waals surface area contributed by atoms with Crippen LogP contribution >= 0.6 is 0 Å². The van der Waals surface area contributed by atoms with Crippen LogP contribution in [0.3, 0.4) is 0 Å². The number of imide groups is 1. The van der Waals surface area contributed by atoms with E-state index in [1.54, 1.807) is 0 Å². The van der Waals surface area contributed by atoms with Gasteiger partial charge in [0.05, 0.1) is 0 Å². The van der Waals surface area contributed by atoms with Gasteiger partial charge in [-0.3, -0.25) is 19.7 Å². The maximum atomic E-state index is 11.5. The molecule has 1 aliphatic heterocycles. The van der Waals surface area contributed by atoms with Crippen LogP contribution in [0.5, 0.6) is 0 Å². The number of rotatable bonds is 4. The molecule has 1 heterocycles. The molecule has 6 heteroatoms. The predicted molar refractivity (Wildman–Crippen MR) is 66.1 cm³/mol. The van der Waals surface area contributed by atoms with Gasteiger partial charge in [-0.05, 0) is 25.3 Å². The topological polar surface area (TPSA) is 99.1 Å². The molecule has 0 saturated carbocycles. The molecule has 0 radical (unpaired) electrons. The van der Waals surface area contributed by atoms with Gasteiger partial charge in [0.25, 0.3) is 0 Å². The molecular formula is C12H17N3O3. The molecule has 0 aromatic heterocycles. The van der Waals surface area contributed by atoms with Crippen LogP contribution in [0, 0.1) is 5.41 Å². The van der Waals surface area contributed by atoms with E-state index in [9.17, 15) is 14.4 Å². The maximum Gasteiger partial charge on any atom is 0.249 e. The summed E-state index contributed by atoms with van der Waals surface area (Å²) < 4.78 is 0. The van der Waals surface area contributed by atoms with Crippen molar-refractivity contribution in [3.05, 3.63) is 12.2 Å². The molecule has 98 valence electrons. The third-order valence-corrected chi connectivity index (χ3v) is 2.61. The van der Waals surface area contributed by atoms with Gasteiger partial charge in [0.2, 0.25) is 17.7 Å². The van der Waals surface area contributed by atoms with Crippen LogP contribution in [0.25, 0.3) is 0 Å². The van der Waals surface area contributed by atoms with Crippen LogP contribution < -0.4 is 10.6 Å². The average molecular weight is 251 g/mol. The van der Waals surface area contributed by atoms with Crippen LogP contribution in [0.2, 0.25) is 0 Å². The number of amides is 3. The first-order valence-corrected chi connectivity index (χ1v) is 5.92. The van der Waals surface area contributed by atoms with E-state index in [0.717, 1.165) is 0 Å². The van der Waals surface area contributed by atoms with Gasteiger partial charge in [-0.25, -0.2) is 0 Å². The van der Waals surface area contributed by atoms with Gasteiger partial charge in [-0.2, -0.15) is 0 Å². The van der Waals surface area contributed by atoms with Crippen molar-refractivity contribution < 1.29 is 14.4 Å². The number of carbonyl (C=O) groups is 3. The zero-order valence-corrected chi connectivity index (χ0v) is 10.3. The minimum atomic E-state index is -0.676. The summed E-state index contributed by atoms with van der Waals surface area (Å²) in [6.45, 7) is 1.81. The Hall–Kier alpha value is -1.98. The van der Waals surface area contributed by atoms with Crippen molar-refractivity contribution in [3.63, 3.8) is 0 Å². The molecule has 1 aliphatic rings. The van der Waals surface area contributed by atoms with Crippen molar-refractivity contribution in [1.29, 1.82) is 5.41 Å². The first-order chi connectivity index (χ1) is 8.52. The lowest BCUT2D eigenvalue weighted by Gasteiger charge is -2.12. The average Bonchev–Trinajstić information content (AvgIpc) is 2.48. The van der Waals surface area contributed by atoms with E-state index < -0.39 is 17.9 Å². The van der Waals surface area contributed by atoms with Gasteiger partial charge in [0.1, 0.15) is 6.04 Å². The highest BCUT2D eigenvalue weighted by molar-refractivity contribution is 6.03. The van der Waals surface area contributed by atoms with Crippen molar-refractivity contribution in [3.8, 4) is 0 Å². The van der Waals surface area contributed by atoms with Gasteiger partial charge in [-0.1, -0.05) is 6.92 Å². The normalized spacial score (nSPS) is 20.4. The molecule has 3 N–H and O–H groups in total. The number of hydrogen-bond donors (Lipinski definition) is 3. The lowest BCUT2D eigenvalue weighted by atomic mass is 10.1. The highest BCUT2D eigenvalue weighted by Gasteiger charge is 2.24. The molecule has 6 nitrogen and oxygen atoms in total. The fourth-order valence-corrected chi connectivity index (χ4v) is 1.54. The fourth-order valence-electron chi connectivity index (χ4n) is 1.54. The molecule has 1 rings (SSSR count). The first-order valence-electron chi connectivity index (χ1n) is 5.92. The second-order valence-electron chi connectivity index (χ2n) is 4.08. The number of hydrogen-bond acceptors (Lipinski definition) is 4. The summed E-state index contributed by atoms with van der Waals surface area (Å²) in [6.07, 6.45) is 4.48. The Labute approximate surface area is 105 Å². The third kappa shape index (κ3) is 4.48. The fraction of sp³-hybridized carbons (Fsp3) is 0.500. The summed E-state index contributed by atoms with van der Waals surface area (Å²) in [6, 6.07) is -0.676. The third-order valence-electron chi connectivity index (χ3n) is 2.61. The van der Waals surface area contributed by atoms with E-state index in [-0.39, 0.29) is 5.91 Å². The molecule has 1 saturated heterocycles. The molecule has 0 bridgehead atoms. The standard InChI is InChI=1S/C12H17N3O3/c1-2-8(13)6-7-11(17)14-9-4-3-5-10(16)15-12(9)18/h6-7,9,13H,2-5H2,1H3,(H,14,17)(H,15,16,18)/b7-6-,13-8?. The molecule has 1 fully saturated rings. The maximum absolute atomic E-state index is 11.5. The van der Waals surface area contributed by atoms with Crippen LogP contribution in [0.4, 0.5) is 0 Å². The molecule has 0 aliphatic carbocycles. The second kappa shape index (κ2) is 6.68. The van der Waals surface area contributed by atoms with Gasteiger partial charge in [-0.15, -0.1) is 0 Å². The summed E-state index contributed by atoms with van der Waals surface area (Å²) in [5, 5.41) is 12.1. The van der Waals surface area contributed by atoms with Crippen LogP contribution in [-0.2, 0) is 14.4 Å². The molecular weight excluding hydrogens is 234 g/mol. The Morgan fingerprint density at radius 3 is 2.89 bits per heavy atom. The quantitative estimate of drug-likeness (QED) is 0.380. The van der Waals surface area contributed by atoms with Crippen molar-refractivity contribution in [2.75, 3.05) is 0 Å². The van der Waals surface area contributed by atoms with Crippen molar-refractivity contribution >= 4 is 23.4 Å². The molecule has 18 heavy (non-hydrogen) atoms. The lowest BCUT2D eigenvalue weighted by molar-refractivity contribution is -0.132. The van der Waals surface area contributed by atoms with Crippen LogP contribution in [-0.4, -0.2) is 29.5 Å². The SMILES string of the molecule is CCC(=N)/C=C\C(=O)NC1CCCC(=O)NC1=O. The second-order valence-corrected chi connectivity index (χ2v) is 4.08. The Kier molecular flexibility index (Phi) is 5.23. The molecule has 0 aromatic rings. The van der Waals surface area contributed by atoms with Gasteiger partial charge in [0, 0.05) is 18.2 Å². The summed E-state index contributed by atoms with van der Waals surface area (Å²) in [4.78, 5) is 34.1. The van der Waals surface area contributed by atoms with Crippen molar-refractivity contribution in [2.45, 2.75) is 38.6 Å². The van der Waals surface area contributed by atoms with E-state index in [1.807, 2.05) is 6.92 Å². The van der Waals surface area contributed by atoms with E-state index in [2.05, 4.69) is 10.6 Å². The van der Waals surface area contributed by atoms with Crippen LogP contribution in [0.1, 0.15) is 32.6 Å². The summed E-state index contributed by atoms with van der Waals surface area (Å²) in [5.41, 5.74) is 0.339. The molecule has 0 spiro atoms. The largest absolute Gasteiger partial charge is 0.341 e. The Balaban J connectivity index is 2.53. The molecule has 1 atom stereocenters. The van der Waals surface area contributed by atoms with E-state index in [1.165, 1.54) is 12.2 Å². The number of carbonyl (C=O) groups excluding carboxylic acids is 3. The van der Waals surface area contributed by atoms with Crippen molar-refractivity contribution in [2.24, 2.45) is 0 Å². The molecule has 0 aromatic carbocycles. The number of nitrogens with one attached hydrogen (secondary N) is 3. The van der Waals surface area contributed by atoms with E-state index in [0.29, 0.717) is 31.4 Å². The lowest BCUT2D eigenvalue weighted by Crippen LogP contribution is -2.46. The van der Waals surface area contributed by atoms with E-state index in [4.69, 9.17) is 5.41 Å².